The third-order valence-corrected chi connectivity index (χ3v) is 6.03. The van der Waals surface area contributed by atoms with Crippen molar-refractivity contribution in [2.75, 3.05) is 19.6 Å². The van der Waals surface area contributed by atoms with Crippen LogP contribution in [-0.2, 0) is 16.0 Å². The number of hydrazine groups is 1. The molecule has 2 aliphatic heterocycles. The van der Waals surface area contributed by atoms with Gasteiger partial charge in [-0.3, -0.25) is 15.0 Å². The quantitative estimate of drug-likeness (QED) is 0.831. The zero-order chi connectivity index (χ0) is 20.9. The third kappa shape index (κ3) is 4.90. The Kier molecular flexibility index (Phi) is 6.17. The van der Waals surface area contributed by atoms with Crippen LogP contribution in [0.1, 0.15) is 36.0 Å². The van der Waals surface area contributed by atoms with Crippen molar-refractivity contribution in [3.8, 4) is 0 Å². The predicted octanol–water partition coefficient (Wildman–Crippen LogP) is 3.55. The maximum absolute atomic E-state index is 12.8. The van der Waals surface area contributed by atoms with E-state index in [1.54, 1.807) is 0 Å². The van der Waals surface area contributed by atoms with E-state index in [4.69, 9.17) is 0 Å². The van der Waals surface area contributed by atoms with E-state index in [9.17, 15) is 9.59 Å². The second-order valence-corrected chi connectivity index (χ2v) is 8.29. The fraction of sp³-hybridized carbons (Fsp3) is 0.360. The first-order valence-electron chi connectivity index (χ1n) is 10.7. The Morgan fingerprint density at radius 1 is 1.03 bits per heavy atom. The molecule has 0 aromatic heterocycles. The maximum Gasteiger partial charge on any atom is 0.245 e. The van der Waals surface area contributed by atoms with E-state index in [1.807, 2.05) is 48.2 Å². The smallest absolute Gasteiger partial charge is 0.245 e. The number of benzene rings is 2. The van der Waals surface area contributed by atoms with Gasteiger partial charge in [0.15, 0.2) is 0 Å². The van der Waals surface area contributed by atoms with Gasteiger partial charge in [0, 0.05) is 19.5 Å². The maximum atomic E-state index is 12.8. The van der Waals surface area contributed by atoms with Crippen LogP contribution < -0.4 is 5.43 Å². The molecule has 0 radical (unpaired) electrons. The second kappa shape index (κ2) is 9.16. The van der Waals surface area contributed by atoms with Gasteiger partial charge < -0.3 is 4.90 Å². The van der Waals surface area contributed by atoms with Crippen LogP contribution in [0.15, 0.2) is 60.7 Å². The Morgan fingerprint density at radius 3 is 2.43 bits per heavy atom. The highest BCUT2D eigenvalue weighted by atomic mass is 16.2. The number of aryl methyl sites for hydroxylation is 1. The fourth-order valence-electron chi connectivity index (χ4n) is 4.17. The third-order valence-electron chi connectivity index (χ3n) is 6.03. The van der Waals surface area contributed by atoms with E-state index in [2.05, 4.69) is 29.7 Å². The summed E-state index contributed by atoms with van der Waals surface area (Å²) in [4.78, 5) is 27.1. The molecule has 1 N–H and O–H groups in total. The van der Waals surface area contributed by atoms with Crippen LogP contribution >= 0.6 is 0 Å². The van der Waals surface area contributed by atoms with Gasteiger partial charge in [0.1, 0.15) is 6.54 Å². The van der Waals surface area contributed by atoms with Crippen molar-refractivity contribution in [1.29, 1.82) is 0 Å². The lowest BCUT2D eigenvalue weighted by Gasteiger charge is -2.35. The summed E-state index contributed by atoms with van der Waals surface area (Å²) in [5.74, 6) is 0.555. The minimum atomic E-state index is -0.0711. The van der Waals surface area contributed by atoms with E-state index >= 15 is 0 Å². The normalized spacial score (nSPS) is 17.5. The monoisotopic (exact) mass is 403 g/mol. The molecule has 2 aliphatic rings. The first kappa shape index (κ1) is 20.2. The van der Waals surface area contributed by atoms with Crippen molar-refractivity contribution < 1.29 is 9.59 Å². The molecule has 30 heavy (non-hydrogen) atoms. The molecule has 5 nitrogen and oxygen atoms in total. The van der Waals surface area contributed by atoms with E-state index in [1.165, 1.54) is 16.1 Å². The molecular weight excluding hydrogens is 374 g/mol. The van der Waals surface area contributed by atoms with Crippen molar-refractivity contribution in [1.82, 2.24) is 15.3 Å². The van der Waals surface area contributed by atoms with Gasteiger partial charge in [-0.05, 0) is 49.3 Å². The van der Waals surface area contributed by atoms with Crippen LogP contribution in [0.3, 0.4) is 0 Å². The summed E-state index contributed by atoms with van der Waals surface area (Å²) in [7, 11) is 0. The van der Waals surface area contributed by atoms with Gasteiger partial charge in [-0.25, -0.2) is 5.01 Å². The fourth-order valence-corrected chi connectivity index (χ4v) is 4.17. The SMILES string of the molecule is Cc1ccc(C2=CCC(=O)N(CC(=O)N3CCC(Cc4ccccc4)CC3)N2)cc1. The molecule has 0 aliphatic carbocycles. The number of likely N-dealkylation sites (tertiary alicyclic amines) is 1. The van der Waals surface area contributed by atoms with E-state index in [0.29, 0.717) is 12.3 Å². The van der Waals surface area contributed by atoms with Gasteiger partial charge in [0.25, 0.3) is 0 Å². The molecule has 2 heterocycles. The highest BCUT2D eigenvalue weighted by molar-refractivity contribution is 5.88. The lowest BCUT2D eigenvalue weighted by molar-refractivity contribution is -0.143. The summed E-state index contributed by atoms with van der Waals surface area (Å²) < 4.78 is 0. The molecule has 4 rings (SSSR count). The number of amides is 2. The first-order valence-corrected chi connectivity index (χ1v) is 10.7. The minimum absolute atomic E-state index is 0.0131. The van der Waals surface area contributed by atoms with Crippen LogP contribution in [0, 0.1) is 12.8 Å². The van der Waals surface area contributed by atoms with Crippen LogP contribution in [0.25, 0.3) is 5.70 Å². The Bertz CT molecular complexity index is 913. The summed E-state index contributed by atoms with van der Waals surface area (Å²) >= 11 is 0. The number of carbonyl (C=O) groups excluding carboxylic acids is 2. The topological polar surface area (TPSA) is 52.7 Å². The molecule has 2 amide bonds. The van der Waals surface area contributed by atoms with E-state index < -0.39 is 0 Å². The summed E-state index contributed by atoms with van der Waals surface area (Å²) in [5.41, 5.74) is 7.60. The molecule has 0 spiro atoms. The molecule has 2 aromatic carbocycles. The molecule has 0 bridgehead atoms. The summed E-state index contributed by atoms with van der Waals surface area (Å²) in [5, 5.41) is 1.47. The Morgan fingerprint density at radius 2 is 1.73 bits per heavy atom. The number of nitrogens with zero attached hydrogens (tertiary/aromatic N) is 2. The van der Waals surface area contributed by atoms with Gasteiger partial charge >= 0.3 is 0 Å². The molecular formula is C25H29N3O2. The van der Waals surface area contributed by atoms with Crippen molar-refractivity contribution in [3.63, 3.8) is 0 Å². The minimum Gasteiger partial charge on any atom is -0.341 e. The lowest BCUT2D eigenvalue weighted by Crippen LogP contribution is -2.51. The summed E-state index contributed by atoms with van der Waals surface area (Å²) in [6.45, 7) is 3.65. The molecule has 2 aromatic rings. The van der Waals surface area contributed by atoms with Gasteiger partial charge in [0.2, 0.25) is 11.8 Å². The molecule has 156 valence electrons. The number of piperidine rings is 1. The second-order valence-electron chi connectivity index (χ2n) is 8.29. The van der Waals surface area contributed by atoms with E-state index in [-0.39, 0.29) is 18.4 Å². The van der Waals surface area contributed by atoms with Crippen molar-refractivity contribution >= 4 is 17.5 Å². The molecule has 1 saturated heterocycles. The Balaban J connectivity index is 1.30. The highest BCUT2D eigenvalue weighted by Crippen LogP contribution is 2.22. The van der Waals surface area contributed by atoms with Crippen molar-refractivity contribution in [2.24, 2.45) is 5.92 Å². The van der Waals surface area contributed by atoms with Crippen molar-refractivity contribution in [2.45, 2.75) is 32.6 Å². The molecule has 0 saturated carbocycles. The summed E-state index contributed by atoms with van der Waals surface area (Å²) in [6, 6.07) is 18.7. The highest BCUT2D eigenvalue weighted by Gasteiger charge is 2.27. The molecule has 5 heteroatoms. The van der Waals surface area contributed by atoms with Crippen LogP contribution in [0.2, 0.25) is 0 Å². The average molecular weight is 404 g/mol. The van der Waals surface area contributed by atoms with Gasteiger partial charge in [-0.2, -0.15) is 0 Å². The standard InChI is InChI=1S/C25H29N3O2/c1-19-7-9-22(10-8-19)23-11-12-24(29)28(26-23)18-25(30)27-15-13-21(14-16-27)17-20-5-3-2-4-6-20/h2-11,21,26H,12-18H2,1H3. The molecule has 1 fully saturated rings. The summed E-state index contributed by atoms with van der Waals surface area (Å²) in [6.07, 6.45) is 5.29. The lowest BCUT2D eigenvalue weighted by atomic mass is 9.90. The first-order chi connectivity index (χ1) is 14.6. The van der Waals surface area contributed by atoms with Crippen LogP contribution in [0.4, 0.5) is 0 Å². The zero-order valence-corrected chi connectivity index (χ0v) is 17.5. The van der Waals surface area contributed by atoms with Gasteiger partial charge in [-0.15, -0.1) is 0 Å². The number of hydrogen-bond acceptors (Lipinski definition) is 3. The van der Waals surface area contributed by atoms with E-state index in [0.717, 1.165) is 43.6 Å². The average Bonchev–Trinajstić information content (AvgIpc) is 2.77. The van der Waals surface area contributed by atoms with Gasteiger partial charge in [0.05, 0.1) is 5.70 Å². The number of carbonyl (C=O) groups is 2. The zero-order valence-electron chi connectivity index (χ0n) is 17.5. The number of hydrogen-bond donors (Lipinski definition) is 1. The predicted molar refractivity (Wildman–Crippen MR) is 118 cm³/mol. The van der Waals surface area contributed by atoms with Crippen LogP contribution in [0.5, 0.6) is 0 Å². The number of nitrogens with one attached hydrogen (secondary N) is 1. The molecule has 0 atom stereocenters. The van der Waals surface area contributed by atoms with Crippen LogP contribution in [-0.4, -0.2) is 41.4 Å². The number of rotatable bonds is 5. The van der Waals surface area contributed by atoms with Crippen molar-refractivity contribution in [3.05, 3.63) is 77.4 Å². The Labute approximate surface area is 178 Å². The Hall–Kier alpha value is -3.08. The van der Waals surface area contributed by atoms with Gasteiger partial charge in [-0.1, -0.05) is 60.2 Å². The largest absolute Gasteiger partial charge is 0.341 e. The molecule has 0 unspecified atom stereocenters.